The zero-order valence-electron chi connectivity index (χ0n) is 12.4. The third kappa shape index (κ3) is 3.88. The SMILES string of the molecule is CCc1nc(-c2ccc(C)cc2)sc1CNCCOC. The molecule has 2 rings (SSSR count). The van der Waals surface area contributed by atoms with Crippen molar-refractivity contribution in [2.45, 2.75) is 26.8 Å². The molecule has 1 aromatic heterocycles. The second-order valence-electron chi connectivity index (χ2n) is 4.78. The fraction of sp³-hybridized carbons (Fsp3) is 0.438. The fourth-order valence-electron chi connectivity index (χ4n) is 1.99. The minimum Gasteiger partial charge on any atom is -0.383 e. The molecule has 20 heavy (non-hydrogen) atoms. The molecule has 0 bridgehead atoms. The average Bonchev–Trinajstić information content (AvgIpc) is 2.87. The number of aromatic nitrogens is 1. The van der Waals surface area contributed by atoms with Crippen LogP contribution in [0.1, 0.15) is 23.1 Å². The van der Waals surface area contributed by atoms with Gasteiger partial charge in [0.25, 0.3) is 0 Å². The van der Waals surface area contributed by atoms with Crippen molar-refractivity contribution in [1.82, 2.24) is 10.3 Å². The molecule has 0 amide bonds. The normalized spacial score (nSPS) is 10.9. The lowest BCUT2D eigenvalue weighted by Gasteiger charge is -2.02. The van der Waals surface area contributed by atoms with Crippen LogP contribution in [-0.4, -0.2) is 25.2 Å². The Bertz CT molecular complexity index is 534. The molecule has 3 nitrogen and oxygen atoms in total. The second-order valence-corrected chi connectivity index (χ2v) is 5.86. The van der Waals surface area contributed by atoms with Gasteiger partial charge in [-0.05, 0) is 13.3 Å². The van der Waals surface area contributed by atoms with Crippen molar-refractivity contribution in [3.05, 3.63) is 40.4 Å². The molecule has 0 saturated carbocycles. The summed E-state index contributed by atoms with van der Waals surface area (Å²) in [5.74, 6) is 0. The highest BCUT2D eigenvalue weighted by atomic mass is 32.1. The number of benzene rings is 1. The quantitative estimate of drug-likeness (QED) is 0.793. The van der Waals surface area contributed by atoms with Crippen LogP contribution in [0.2, 0.25) is 0 Å². The lowest BCUT2D eigenvalue weighted by Crippen LogP contribution is -2.18. The van der Waals surface area contributed by atoms with Crippen LogP contribution in [0.4, 0.5) is 0 Å². The number of methoxy groups -OCH3 is 1. The molecule has 0 aliphatic carbocycles. The molecule has 0 aliphatic heterocycles. The van der Waals surface area contributed by atoms with Gasteiger partial charge in [-0.1, -0.05) is 36.8 Å². The summed E-state index contributed by atoms with van der Waals surface area (Å²) >= 11 is 1.79. The van der Waals surface area contributed by atoms with Gasteiger partial charge >= 0.3 is 0 Å². The van der Waals surface area contributed by atoms with Gasteiger partial charge in [0.05, 0.1) is 12.3 Å². The standard InChI is InChI=1S/C16H22N2OS/c1-4-14-15(11-17-9-10-19-3)20-16(18-14)13-7-5-12(2)6-8-13/h5-8,17H,4,9-11H2,1-3H3. The van der Waals surface area contributed by atoms with Gasteiger partial charge in [-0.3, -0.25) is 0 Å². The molecule has 1 heterocycles. The van der Waals surface area contributed by atoms with Gasteiger partial charge in [-0.2, -0.15) is 0 Å². The van der Waals surface area contributed by atoms with E-state index < -0.39 is 0 Å². The second kappa shape index (κ2) is 7.53. The number of hydrogen-bond acceptors (Lipinski definition) is 4. The van der Waals surface area contributed by atoms with Crippen LogP contribution in [0.25, 0.3) is 10.6 Å². The molecule has 0 spiro atoms. The van der Waals surface area contributed by atoms with Crippen molar-refractivity contribution in [3.63, 3.8) is 0 Å². The lowest BCUT2D eigenvalue weighted by atomic mass is 10.2. The van der Waals surface area contributed by atoms with Gasteiger partial charge in [0.2, 0.25) is 0 Å². The molecule has 0 fully saturated rings. The zero-order valence-corrected chi connectivity index (χ0v) is 13.2. The van der Waals surface area contributed by atoms with Gasteiger partial charge in [0, 0.05) is 30.6 Å². The number of ether oxygens (including phenoxy) is 1. The number of hydrogen-bond donors (Lipinski definition) is 1. The Balaban J connectivity index is 2.11. The number of nitrogens with one attached hydrogen (secondary N) is 1. The van der Waals surface area contributed by atoms with Crippen molar-refractivity contribution in [1.29, 1.82) is 0 Å². The van der Waals surface area contributed by atoms with Crippen molar-refractivity contribution < 1.29 is 4.74 Å². The van der Waals surface area contributed by atoms with E-state index in [4.69, 9.17) is 9.72 Å². The summed E-state index contributed by atoms with van der Waals surface area (Å²) in [4.78, 5) is 6.11. The largest absolute Gasteiger partial charge is 0.383 e. The van der Waals surface area contributed by atoms with E-state index in [1.807, 2.05) is 0 Å². The van der Waals surface area contributed by atoms with E-state index >= 15 is 0 Å². The van der Waals surface area contributed by atoms with Gasteiger partial charge in [-0.25, -0.2) is 4.98 Å². The molecule has 0 saturated heterocycles. The Labute approximate surface area is 125 Å². The van der Waals surface area contributed by atoms with E-state index in [2.05, 4.69) is 43.4 Å². The first kappa shape index (κ1) is 15.2. The Kier molecular flexibility index (Phi) is 5.71. The average molecular weight is 290 g/mol. The summed E-state index contributed by atoms with van der Waals surface area (Å²) < 4.78 is 5.05. The van der Waals surface area contributed by atoms with Crippen LogP contribution in [0.3, 0.4) is 0 Å². The first-order chi connectivity index (χ1) is 9.74. The van der Waals surface area contributed by atoms with E-state index in [9.17, 15) is 0 Å². The maximum Gasteiger partial charge on any atom is 0.123 e. The van der Waals surface area contributed by atoms with Crippen molar-refractivity contribution in [2.75, 3.05) is 20.3 Å². The number of thiazole rings is 1. The summed E-state index contributed by atoms with van der Waals surface area (Å²) in [6.45, 7) is 6.75. The maximum absolute atomic E-state index is 5.05. The summed E-state index contributed by atoms with van der Waals surface area (Å²) in [7, 11) is 1.72. The van der Waals surface area contributed by atoms with Gasteiger partial charge in [0.15, 0.2) is 0 Å². The summed E-state index contributed by atoms with van der Waals surface area (Å²) in [5.41, 5.74) is 3.69. The molecule has 4 heteroatoms. The highest BCUT2D eigenvalue weighted by molar-refractivity contribution is 7.15. The maximum atomic E-state index is 5.05. The molecule has 0 atom stereocenters. The van der Waals surface area contributed by atoms with Crippen LogP contribution in [-0.2, 0) is 17.7 Å². The van der Waals surface area contributed by atoms with Crippen LogP contribution < -0.4 is 5.32 Å². The van der Waals surface area contributed by atoms with Crippen LogP contribution >= 0.6 is 11.3 Å². The molecule has 1 aromatic carbocycles. The van der Waals surface area contributed by atoms with Crippen LogP contribution in [0, 0.1) is 6.92 Å². The molecule has 0 radical (unpaired) electrons. The van der Waals surface area contributed by atoms with Crippen LogP contribution in [0.15, 0.2) is 24.3 Å². The van der Waals surface area contributed by atoms with Crippen molar-refractivity contribution in [2.24, 2.45) is 0 Å². The highest BCUT2D eigenvalue weighted by Gasteiger charge is 2.10. The molecule has 0 aliphatic rings. The third-order valence-electron chi connectivity index (χ3n) is 3.18. The molecule has 2 aromatic rings. The van der Waals surface area contributed by atoms with E-state index in [0.29, 0.717) is 0 Å². The third-order valence-corrected chi connectivity index (χ3v) is 4.33. The Morgan fingerprint density at radius 3 is 2.65 bits per heavy atom. The van der Waals surface area contributed by atoms with Gasteiger partial charge < -0.3 is 10.1 Å². The molecular weight excluding hydrogens is 268 g/mol. The summed E-state index contributed by atoms with van der Waals surface area (Å²) in [5, 5.41) is 4.51. The minimum absolute atomic E-state index is 0.741. The van der Waals surface area contributed by atoms with Crippen LogP contribution in [0.5, 0.6) is 0 Å². The van der Waals surface area contributed by atoms with E-state index in [1.165, 1.54) is 21.7 Å². The summed E-state index contributed by atoms with van der Waals surface area (Å²) in [6.07, 6.45) is 0.976. The molecule has 108 valence electrons. The Hall–Kier alpha value is -1.23. The van der Waals surface area contributed by atoms with Gasteiger partial charge in [0.1, 0.15) is 5.01 Å². The lowest BCUT2D eigenvalue weighted by molar-refractivity contribution is 0.199. The fourth-order valence-corrected chi connectivity index (χ4v) is 3.12. The van der Waals surface area contributed by atoms with E-state index in [0.717, 1.165) is 31.1 Å². The first-order valence-corrected chi connectivity index (χ1v) is 7.81. The predicted octanol–water partition coefficient (Wildman–Crippen LogP) is 3.42. The monoisotopic (exact) mass is 290 g/mol. The zero-order chi connectivity index (χ0) is 14.4. The van der Waals surface area contributed by atoms with Crippen molar-refractivity contribution in [3.8, 4) is 10.6 Å². The molecule has 1 N–H and O–H groups in total. The van der Waals surface area contributed by atoms with Crippen molar-refractivity contribution >= 4 is 11.3 Å². The Morgan fingerprint density at radius 1 is 1.25 bits per heavy atom. The number of nitrogens with zero attached hydrogens (tertiary/aromatic N) is 1. The minimum atomic E-state index is 0.741. The molecular formula is C16H22N2OS. The predicted molar refractivity (Wildman–Crippen MR) is 85.2 cm³/mol. The first-order valence-electron chi connectivity index (χ1n) is 7.00. The number of rotatable bonds is 7. The van der Waals surface area contributed by atoms with E-state index in [1.54, 1.807) is 18.4 Å². The van der Waals surface area contributed by atoms with E-state index in [-0.39, 0.29) is 0 Å². The summed E-state index contributed by atoms with van der Waals surface area (Å²) in [6, 6.07) is 8.57. The molecule has 0 unspecified atom stereocenters. The topological polar surface area (TPSA) is 34.2 Å². The Morgan fingerprint density at radius 2 is 2.00 bits per heavy atom. The highest BCUT2D eigenvalue weighted by Crippen LogP contribution is 2.28. The smallest absolute Gasteiger partial charge is 0.123 e. The number of aryl methyl sites for hydroxylation is 2. The van der Waals surface area contributed by atoms with Gasteiger partial charge in [-0.15, -0.1) is 11.3 Å².